The number of hydrogen-bond acceptors (Lipinski definition) is 4. The largest absolute Gasteiger partial charge is 0.490 e. The van der Waals surface area contributed by atoms with Crippen molar-refractivity contribution < 1.29 is 14.2 Å². The molecule has 6 nitrogen and oxygen atoms in total. The molecule has 0 radical (unpaired) electrons. The molecule has 0 spiro atoms. The van der Waals surface area contributed by atoms with E-state index in [9.17, 15) is 0 Å². The van der Waals surface area contributed by atoms with Gasteiger partial charge in [-0.15, -0.1) is 0 Å². The number of nitrogens with one attached hydrogen (secondary N) is 1. The Morgan fingerprint density at radius 1 is 1.25 bits per heavy atom. The number of guanidine groups is 1. The third-order valence-electron chi connectivity index (χ3n) is 4.39. The molecule has 132 valence electrons. The minimum Gasteiger partial charge on any atom is -0.490 e. The Morgan fingerprint density at radius 2 is 2.08 bits per heavy atom. The van der Waals surface area contributed by atoms with Crippen LogP contribution in [0.3, 0.4) is 0 Å². The van der Waals surface area contributed by atoms with Crippen LogP contribution in [0.25, 0.3) is 0 Å². The van der Waals surface area contributed by atoms with Crippen LogP contribution in [0.1, 0.15) is 18.4 Å². The molecule has 1 aromatic rings. The Morgan fingerprint density at radius 3 is 2.83 bits per heavy atom. The number of nitrogens with zero attached hydrogens (tertiary/aromatic N) is 2. The zero-order chi connectivity index (χ0) is 16.8. The molecule has 2 aliphatic rings. The minimum absolute atomic E-state index is 0.589. The maximum atomic E-state index is 5.75. The SMILES string of the molecule is CN=C(NCc1ccc2c(c1)OCCCO2)N(C)CC1CCOC1. The molecule has 0 aromatic heterocycles. The van der Waals surface area contributed by atoms with Crippen molar-refractivity contribution in [2.24, 2.45) is 10.9 Å². The zero-order valence-electron chi connectivity index (χ0n) is 14.6. The topological polar surface area (TPSA) is 55.3 Å². The highest BCUT2D eigenvalue weighted by Crippen LogP contribution is 2.30. The molecule has 1 saturated heterocycles. The van der Waals surface area contributed by atoms with Crippen LogP contribution in [-0.2, 0) is 11.3 Å². The van der Waals surface area contributed by atoms with E-state index in [4.69, 9.17) is 14.2 Å². The van der Waals surface area contributed by atoms with E-state index in [1.807, 2.05) is 19.2 Å². The Bertz CT molecular complexity index is 571. The number of benzene rings is 1. The van der Waals surface area contributed by atoms with Crippen molar-refractivity contribution >= 4 is 5.96 Å². The summed E-state index contributed by atoms with van der Waals surface area (Å²) in [6.45, 7) is 4.81. The monoisotopic (exact) mass is 333 g/mol. The van der Waals surface area contributed by atoms with E-state index in [1.54, 1.807) is 0 Å². The molecule has 24 heavy (non-hydrogen) atoms. The Balaban J connectivity index is 1.56. The lowest BCUT2D eigenvalue weighted by molar-refractivity contribution is 0.181. The highest BCUT2D eigenvalue weighted by molar-refractivity contribution is 5.79. The fourth-order valence-corrected chi connectivity index (χ4v) is 3.08. The fourth-order valence-electron chi connectivity index (χ4n) is 3.08. The van der Waals surface area contributed by atoms with E-state index in [0.717, 1.165) is 55.6 Å². The third kappa shape index (κ3) is 4.32. The van der Waals surface area contributed by atoms with Gasteiger partial charge in [-0.3, -0.25) is 4.99 Å². The van der Waals surface area contributed by atoms with Crippen molar-refractivity contribution in [1.29, 1.82) is 0 Å². The predicted octanol–water partition coefficient (Wildman–Crippen LogP) is 1.89. The molecule has 0 amide bonds. The molecule has 2 aliphatic heterocycles. The molecule has 1 N–H and O–H groups in total. The van der Waals surface area contributed by atoms with Gasteiger partial charge in [-0.2, -0.15) is 0 Å². The van der Waals surface area contributed by atoms with Crippen molar-refractivity contribution in [3.63, 3.8) is 0 Å². The summed E-state index contributed by atoms with van der Waals surface area (Å²) in [4.78, 5) is 6.55. The summed E-state index contributed by atoms with van der Waals surface area (Å²) in [6, 6.07) is 6.10. The van der Waals surface area contributed by atoms with Crippen molar-refractivity contribution in [2.75, 3.05) is 47.1 Å². The van der Waals surface area contributed by atoms with E-state index in [0.29, 0.717) is 25.7 Å². The first kappa shape index (κ1) is 16.9. The van der Waals surface area contributed by atoms with Gasteiger partial charge in [-0.25, -0.2) is 0 Å². The second kappa shape index (κ2) is 8.24. The van der Waals surface area contributed by atoms with Gasteiger partial charge in [0.1, 0.15) is 0 Å². The summed E-state index contributed by atoms with van der Waals surface area (Å²) in [7, 11) is 3.89. The number of fused-ring (bicyclic) bond motifs is 1. The normalized spacial score (nSPS) is 20.6. The summed E-state index contributed by atoms with van der Waals surface area (Å²) in [5.74, 6) is 3.15. The van der Waals surface area contributed by atoms with Crippen molar-refractivity contribution in [1.82, 2.24) is 10.2 Å². The van der Waals surface area contributed by atoms with E-state index in [2.05, 4.69) is 28.3 Å². The van der Waals surface area contributed by atoms with Crippen LogP contribution in [0.15, 0.2) is 23.2 Å². The molecule has 1 unspecified atom stereocenters. The summed E-state index contributed by atoms with van der Waals surface area (Å²) in [5.41, 5.74) is 1.15. The maximum absolute atomic E-state index is 5.75. The van der Waals surface area contributed by atoms with Gasteiger partial charge in [0.15, 0.2) is 17.5 Å². The molecule has 1 fully saturated rings. The second-order valence-electron chi connectivity index (χ2n) is 6.34. The zero-order valence-corrected chi connectivity index (χ0v) is 14.6. The maximum Gasteiger partial charge on any atom is 0.193 e. The van der Waals surface area contributed by atoms with Crippen LogP contribution in [0.4, 0.5) is 0 Å². The molecule has 6 heteroatoms. The number of rotatable bonds is 4. The first-order chi connectivity index (χ1) is 11.8. The highest BCUT2D eigenvalue weighted by Gasteiger charge is 2.19. The fraction of sp³-hybridized carbons (Fsp3) is 0.611. The van der Waals surface area contributed by atoms with E-state index in [-0.39, 0.29) is 0 Å². The standard InChI is InChI=1S/C18H27N3O3/c1-19-18(21(2)12-15-6-9-22-13-15)20-11-14-4-5-16-17(10-14)24-8-3-7-23-16/h4-5,10,15H,3,6-9,11-13H2,1-2H3,(H,19,20). The number of ether oxygens (including phenoxy) is 3. The van der Waals surface area contributed by atoms with Gasteiger partial charge in [0.25, 0.3) is 0 Å². The van der Waals surface area contributed by atoms with Gasteiger partial charge in [-0.1, -0.05) is 6.07 Å². The lowest BCUT2D eigenvalue weighted by atomic mass is 10.1. The van der Waals surface area contributed by atoms with E-state index in [1.165, 1.54) is 0 Å². The van der Waals surface area contributed by atoms with Crippen LogP contribution in [0, 0.1) is 5.92 Å². The quantitative estimate of drug-likeness (QED) is 0.674. The molecule has 3 rings (SSSR count). The van der Waals surface area contributed by atoms with Crippen molar-refractivity contribution in [2.45, 2.75) is 19.4 Å². The Hall–Kier alpha value is -1.95. The summed E-state index contributed by atoms with van der Waals surface area (Å²) >= 11 is 0. The first-order valence-electron chi connectivity index (χ1n) is 8.64. The molecule has 1 atom stereocenters. The van der Waals surface area contributed by atoms with Gasteiger partial charge >= 0.3 is 0 Å². The van der Waals surface area contributed by atoms with Crippen molar-refractivity contribution in [3.8, 4) is 11.5 Å². The van der Waals surface area contributed by atoms with Crippen LogP contribution in [-0.4, -0.2) is 57.9 Å². The molecule has 2 heterocycles. The van der Waals surface area contributed by atoms with Crippen LogP contribution in [0.5, 0.6) is 11.5 Å². The van der Waals surface area contributed by atoms with Crippen molar-refractivity contribution in [3.05, 3.63) is 23.8 Å². The molecule has 0 aliphatic carbocycles. The molecular weight excluding hydrogens is 306 g/mol. The molecule has 0 saturated carbocycles. The molecular formula is C18H27N3O3. The lowest BCUT2D eigenvalue weighted by Crippen LogP contribution is -2.41. The van der Waals surface area contributed by atoms with E-state index >= 15 is 0 Å². The lowest BCUT2D eigenvalue weighted by Gasteiger charge is -2.24. The second-order valence-corrected chi connectivity index (χ2v) is 6.34. The van der Waals surface area contributed by atoms with Gasteiger partial charge < -0.3 is 24.4 Å². The Kier molecular flexibility index (Phi) is 5.80. The van der Waals surface area contributed by atoms with Gasteiger partial charge in [-0.05, 0) is 24.1 Å². The average Bonchev–Trinajstić information content (AvgIpc) is 2.98. The first-order valence-corrected chi connectivity index (χ1v) is 8.64. The van der Waals surface area contributed by atoms with Gasteiger partial charge in [0, 0.05) is 46.1 Å². The predicted molar refractivity (Wildman–Crippen MR) is 93.8 cm³/mol. The Labute approximate surface area is 143 Å². The van der Waals surface area contributed by atoms with Gasteiger partial charge in [0.2, 0.25) is 0 Å². The van der Waals surface area contributed by atoms with Crippen LogP contribution < -0.4 is 14.8 Å². The third-order valence-corrected chi connectivity index (χ3v) is 4.39. The number of hydrogen-bond donors (Lipinski definition) is 1. The highest BCUT2D eigenvalue weighted by atomic mass is 16.5. The summed E-state index contributed by atoms with van der Waals surface area (Å²) in [6.07, 6.45) is 2.05. The van der Waals surface area contributed by atoms with Crippen LogP contribution >= 0.6 is 0 Å². The smallest absolute Gasteiger partial charge is 0.193 e. The van der Waals surface area contributed by atoms with E-state index < -0.39 is 0 Å². The summed E-state index contributed by atoms with van der Waals surface area (Å²) in [5, 5.41) is 3.42. The molecule has 0 bridgehead atoms. The van der Waals surface area contributed by atoms with Gasteiger partial charge in [0.05, 0.1) is 19.8 Å². The average molecular weight is 333 g/mol. The number of aliphatic imine (C=N–C) groups is 1. The molecule has 1 aromatic carbocycles. The minimum atomic E-state index is 0.589. The van der Waals surface area contributed by atoms with Crippen LogP contribution in [0.2, 0.25) is 0 Å². The summed E-state index contributed by atoms with van der Waals surface area (Å²) < 4.78 is 16.9.